The summed E-state index contributed by atoms with van der Waals surface area (Å²) in [6.07, 6.45) is 0. The van der Waals surface area contributed by atoms with Crippen LogP contribution in [0.15, 0.2) is 0 Å². The van der Waals surface area contributed by atoms with Gasteiger partial charge in [0.15, 0.2) is 0 Å². The highest BCUT2D eigenvalue weighted by molar-refractivity contribution is 8.00. The van der Waals surface area contributed by atoms with Crippen LogP contribution >= 0.6 is 25.3 Å². The summed E-state index contributed by atoms with van der Waals surface area (Å²) in [7, 11) is 0. The monoisotopic (exact) mass is 394 g/mol. The maximum absolute atomic E-state index is 9.66. The number of hydrogen-bond acceptors (Lipinski definition) is 10. The van der Waals surface area contributed by atoms with Crippen LogP contribution in [0.25, 0.3) is 0 Å². The van der Waals surface area contributed by atoms with Crippen molar-refractivity contribution < 1.29 is 54.9 Å². The first-order valence-corrected chi connectivity index (χ1v) is 7.08. The summed E-state index contributed by atoms with van der Waals surface area (Å²) in [4.78, 5) is 28.9. The third-order valence-corrected chi connectivity index (χ3v) is 2.46. The van der Waals surface area contributed by atoms with E-state index in [0.29, 0.717) is 0 Å². The van der Waals surface area contributed by atoms with Crippen LogP contribution in [0.2, 0.25) is 0 Å². The summed E-state index contributed by atoms with van der Waals surface area (Å²) < 4.78 is 3.31. The van der Waals surface area contributed by atoms with Crippen molar-refractivity contribution in [3.05, 3.63) is 0 Å². The van der Waals surface area contributed by atoms with Crippen molar-refractivity contribution in [1.29, 1.82) is 0 Å². The normalized spacial score (nSPS) is 10.1. The molecule has 0 bridgehead atoms. The molecule has 0 aliphatic rings. The second kappa shape index (κ2) is 16.8. The lowest BCUT2D eigenvalue weighted by Gasteiger charge is -2.23. The second-order valence-electron chi connectivity index (χ2n) is 4.12. The number of rotatable bonds is 9. The fourth-order valence-electron chi connectivity index (χ4n) is 0.526. The number of hydrogen-bond donors (Lipinski definition) is 9. The van der Waals surface area contributed by atoms with Crippen LogP contribution in [0.4, 0.5) is 0 Å². The van der Waals surface area contributed by atoms with Crippen molar-refractivity contribution in [2.24, 2.45) is 5.41 Å². The number of carbonyl (C=O) groups is 3. The molecule has 144 valence electrons. The Morgan fingerprint density at radius 3 is 1.12 bits per heavy atom. The van der Waals surface area contributed by atoms with Crippen LogP contribution in [0.5, 0.6) is 0 Å². The third-order valence-electron chi connectivity index (χ3n) is 2.01. The van der Waals surface area contributed by atoms with Crippen molar-refractivity contribution in [3.63, 3.8) is 0 Å². The SMILES string of the molecule is O=C(O)C(S)S.O=C(O)COCC(=O)O.OCC(CO)(CO)CO. The molecule has 0 amide bonds. The van der Waals surface area contributed by atoms with E-state index in [1.54, 1.807) is 0 Å². The summed E-state index contributed by atoms with van der Waals surface area (Å²) in [5, 5.41) is 57.6. The molecule has 0 rings (SSSR count). The van der Waals surface area contributed by atoms with Crippen molar-refractivity contribution in [2.75, 3.05) is 39.6 Å². The van der Waals surface area contributed by atoms with Crippen molar-refractivity contribution in [3.8, 4) is 0 Å². The number of aliphatic hydroxyl groups excluding tert-OH is 4. The lowest BCUT2D eigenvalue weighted by atomic mass is 9.93. The molecule has 0 saturated heterocycles. The van der Waals surface area contributed by atoms with Crippen molar-refractivity contribution >= 4 is 43.2 Å². The van der Waals surface area contributed by atoms with E-state index in [1.807, 2.05) is 0 Å². The molecule has 0 heterocycles. The zero-order valence-corrected chi connectivity index (χ0v) is 14.3. The molecule has 0 unspecified atom stereocenters. The summed E-state index contributed by atoms with van der Waals surface area (Å²) in [6.45, 7) is -2.75. The number of carboxylic acid groups (broad SMARTS) is 3. The Balaban J connectivity index is -0.000000282. The Kier molecular flexibility index (Phi) is 19.4. The Labute approximate surface area is 148 Å². The van der Waals surface area contributed by atoms with E-state index in [9.17, 15) is 14.4 Å². The van der Waals surface area contributed by atoms with Crippen LogP contribution in [0.3, 0.4) is 0 Å². The zero-order chi connectivity index (χ0) is 19.8. The molecule has 11 nitrogen and oxygen atoms in total. The molecule has 0 aromatic carbocycles. The van der Waals surface area contributed by atoms with Crippen molar-refractivity contribution in [2.45, 2.75) is 4.58 Å². The third kappa shape index (κ3) is 19.0. The van der Waals surface area contributed by atoms with Gasteiger partial charge in [0.05, 0.1) is 31.8 Å². The highest BCUT2D eigenvalue weighted by atomic mass is 32.2. The Morgan fingerprint density at radius 2 is 1.04 bits per heavy atom. The average molecular weight is 394 g/mol. The van der Waals surface area contributed by atoms with Gasteiger partial charge in [-0.05, 0) is 0 Å². The summed E-state index contributed by atoms with van der Waals surface area (Å²) >= 11 is 6.92. The highest BCUT2D eigenvalue weighted by Crippen LogP contribution is 2.11. The minimum Gasteiger partial charge on any atom is -0.480 e. The van der Waals surface area contributed by atoms with E-state index in [-0.39, 0.29) is 0 Å². The van der Waals surface area contributed by atoms with Gasteiger partial charge in [-0.2, -0.15) is 25.3 Å². The van der Waals surface area contributed by atoms with E-state index in [2.05, 4.69) is 30.0 Å². The van der Waals surface area contributed by atoms with Gasteiger partial charge in [-0.3, -0.25) is 4.79 Å². The lowest BCUT2D eigenvalue weighted by molar-refractivity contribution is -0.148. The Bertz CT molecular complexity index is 326. The predicted molar refractivity (Wildman–Crippen MR) is 86.3 cm³/mol. The molecule has 0 aliphatic heterocycles. The zero-order valence-electron chi connectivity index (χ0n) is 12.5. The van der Waals surface area contributed by atoms with Crippen LogP contribution in [-0.4, -0.2) is 97.9 Å². The first-order valence-electron chi connectivity index (χ1n) is 6.05. The van der Waals surface area contributed by atoms with Gasteiger partial charge in [0.25, 0.3) is 0 Å². The molecule has 0 spiro atoms. The summed E-state index contributed by atoms with van der Waals surface area (Å²) in [5.41, 5.74) is -1.11. The van der Waals surface area contributed by atoms with E-state index in [0.717, 1.165) is 0 Å². The maximum Gasteiger partial charge on any atom is 0.329 e. The van der Waals surface area contributed by atoms with Gasteiger partial charge in [0.1, 0.15) is 17.8 Å². The molecular formula is C11H22O11S2. The van der Waals surface area contributed by atoms with Crippen molar-refractivity contribution in [1.82, 2.24) is 0 Å². The minimum absolute atomic E-state index is 0.406. The van der Waals surface area contributed by atoms with E-state index in [4.69, 9.17) is 35.7 Å². The highest BCUT2D eigenvalue weighted by Gasteiger charge is 2.26. The Hall–Kier alpha value is -1.09. The van der Waals surface area contributed by atoms with Crippen LogP contribution in [-0.2, 0) is 19.1 Å². The molecule has 13 heteroatoms. The molecular weight excluding hydrogens is 372 g/mol. The van der Waals surface area contributed by atoms with E-state index in [1.165, 1.54) is 0 Å². The molecule has 0 aliphatic carbocycles. The molecule has 7 N–H and O–H groups in total. The molecule has 0 atom stereocenters. The fraction of sp³-hybridized carbons (Fsp3) is 0.727. The standard InChI is InChI=1S/C5H12O4.C4H6O5.C2H4O2S2/c6-1-5(2-7,3-8)4-9;5-3(6)1-9-2-4(7)8;3-1(4)2(5)6/h6-9H,1-4H2;1-2H2,(H,5,6)(H,7,8);2,5-6H,(H,3,4). The summed E-state index contributed by atoms with van der Waals surface area (Å²) in [6, 6.07) is 0. The van der Waals surface area contributed by atoms with Crippen LogP contribution in [0, 0.1) is 5.41 Å². The average Bonchev–Trinajstić information content (AvgIpc) is 2.50. The quantitative estimate of drug-likeness (QED) is 0.146. The van der Waals surface area contributed by atoms with Gasteiger partial charge in [-0.25, -0.2) is 9.59 Å². The fourth-order valence-corrected chi connectivity index (χ4v) is 0.526. The smallest absolute Gasteiger partial charge is 0.329 e. The Morgan fingerprint density at radius 1 is 0.792 bits per heavy atom. The molecule has 0 aromatic rings. The number of aliphatic hydroxyl groups is 4. The number of ether oxygens (including phenoxy) is 1. The second-order valence-corrected chi connectivity index (χ2v) is 5.56. The first-order chi connectivity index (χ1) is 11.0. The maximum atomic E-state index is 9.66. The van der Waals surface area contributed by atoms with Crippen LogP contribution in [0.1, 0.15) is 0 Å². The number of carboxylic acids is 3. The van der Waals surface area contributed by atoms with Gasteiger partial charge in [0.2, 0.25) is 0 Å². The topological polar surface area (TPSA) is 202 Å². The largest absolute Gasteiger partial charge is 0.480 e. The molecule has 24 heavy (non-hydrogen) atoms. The molecule has 0 saturated carbocycles. The minimum atomic E-state index is -1.17. The predicted octanol–water partition coefficient (Wildman–Crippen LogP) is -2.63. The van der Waals surface area contributed by atoms with Gasteiger partial charge in [-0.1, -0.05) is 0 Å². The lowest BCUT2D eigenvalue weighted by Crippen LogP contribution is -2.37. The molecule has 0 radical (unpaired) electrons. The van der Waals surface area contributed by atoms with Gasteiger partial charge < -0.3 is 40.5 Å². The first kappa shape index (κ1) is 27.7. The van der Waals surface area contributed by atoms with Gasteiger partial charge in [-0.15, -0.1) is 0 Å². The summed E-state index contributed by atoms with van der Waals surface area (Å²) in [5.74, 6) is -3.35. The molecule has 0 fully saturated rings. The number of thiol groups is 2. The van der Waals surface area contributed by atoms with Gasteiger partial charge in [0, 0.05) is 0 Å². The molecule has 0 aromatic heterocycles. The van der Waals surface area contributed by atoms with Gasteiger partial charge >= 0.3 is 17.9 Å². The van der Waals surface area contributed by atoms with E-state index >= 15 is 0 Å². The van der Waals surface area contributed by atoms with Crippen LogP contribution < -0.4 is 0 Å². The number of aliphatic carboxylic acids is 3. The van der Waals surface area contributed by atoms with E-state index < -0.39 is 67.5 Å².